The number of ether oxygens (including phenoxy) is 1. The van der Waals surface area contributed by atoms with Gasteiger partial charge in [-0.25, -0.2) is 17.5 Å². The van der Waals surface area contributed by atoms with Crippen LogP contribution in [0.1, 0.15) is 24.0 Å². The van der Waals surface area contributed by atoms with Crippen LogP contribution < -0.4 is 4.74 Å². The van der Waals surface area contributed by atoms with Gasteiger partial charge in [-0.1, -0.05) is 18.2 Å². The molecule has 210 valence electrons. The van der Waals surface area contributed by atoms with Gasteiger partial charge in [0.2, 0.25) is 10.0 Å². The van der Waals surface area contributed by atoms with Crippen molar-refractivity contribution in [3.05, 3.63) is 102 Å². The second-order valence-corrected chi connectivity index (χ2v) is 13.2. The Hall–Kier alpha value is -4.02. The van der Waals surface area contributed by atoms with Gasteiger partial charge in [0.1, 0.15) is 16.5 Å². The third-order valence-electron chi connectivity index (χ3n) is 8.69. The molecule has 0 N–H and O–H groups in total. The lowest BCUT2D eigenvalue weighted by Gasteiger charge is -2.31. The van der Waals surface area contributed by atoms with Crippen LogP contribution in [0.15, 0.2) is 90.2 Å². The molecule has 2 aliphatic rings. The lowest BCUT2D eigenvalue weighted by atomic mass is 9.72. The van der Waals surface area contributed by atoms with Crippen LogP contribution in [0.3, 0.4) is 0 Å². The van der Waals surface area contributed by atoms with Crippen molar-refractivity contribution in [1.29, 1.82) is 0 Å². The lowest BCUT2D eigenvalue weighted by molar-refractivity contribution is 0.191. The highest BCUT2D eigenvalue weighted by Gasteiger charge is 2.57. The molecule has 1 aliphatic heterocycles. The third kappa shape index (κ3) is 4.33. The minimum Gasteiger partial charge on any atom is -0.490 e. The van der Waals surface area contributed by atoms with Gasteiger partial charge in [-0.05, 0) is 85.3 Å². The van der Waals surface area contributed by atoms with Gasteiger partial charge < -0.3 is 4.74 Å². The molecule has 3 heterocycles. The molecule has 2 aromatic heterocycles. The number of nitrogens with zero attached hydrogens (tertiary/aromatic N) is 5. The van der Waals surface area contributed by atoms with E-state index in [9.17, 15) is 12.8 Å². The molecule has 0 bridgehead atoms. The fourth-order valence-electron chi connectivity index (χ4n) is 6.83. The molecule has 8 nitrogen and oxygen atoms in total. The van der Waals surface area contributed by atoms with Gasteiger partial charge in [-0.3, -0.25) is 4.68 Å². The first kappa shape index (κ1) is 25.9. The molecular weight excluding hydrogens is 541 g/mol. The Kier molecular flexibility index (Phi) is 6.02. The molecule has 1 saturated heterocycles. The Morgan fingerprint density at radius 2 is 1.80 bits per heavy atom. The van der Waals surface area contributed by atoms with Crippen LogP contribution >= 0.6 is 0 Å². The van der Waals surface area contributed by atoms with Crippen LogP contribution in [0.2, 0.25) is 0 Å². The largest absolute Gasteiger partial charge is 0.490 e. The van der Waals surface area contributed by atoms with E-state index in [-0.39, 0.29) is 22.7 Å². The van der Waals surface area contributed by atoms with Gasteiger partial charge in [0, 0.05) is 37.1 Å². The molecule has 41 heavy (non-hydrogen) atoms. The Labute approximate surface area is 238 Å². The summed E-state index contributed by atoms with van der Waals surface area (Å²) in [6.45, 7) is 2.85. The van der Waals surface area contributed by atoms with Crippen LogP contribution in [-0.2, 0) is 22.5 Å². The summed E-state index contributed by atoms with van der Waals surface area (Å²) in [6, 6.07) is 20.3. The molecule has 7 rings (SSSR count). The SMILES string of the molecule is Cc1cc2c(cnn2-c2ccc(F)cc2)cc1C12CC(Oc3ccccc3)CC1CN(S(=O)(=O)c1cnn(C)c1)C2. The van der Waals surface area contributed by atoms with E-state index in [2.05, 4.69) is 29.3 Å². The summed E-state index contributed by atoms with van der Waals surface area (Å²) in [5.41, 5.74) is 3.45. The average Bonchev–Trinajstić information content (AvgIpc) is 3.72. The van der Waals surface area contributed by atoms with Crippen LogP contribution in [0.25, 0.3) is 16.6 Å². The smallest absolute Gasteiger partial charge is 0.246 e. The zero-order valence-corrected chi connectivity index (χ0v) is 23.6. The number of hydrogen-bond acceptors (Lipinski definition) is 5. The van der Waals surface area contributed by atoms with E-state index < -0.39 is 15.4 Å². The number of sulfonamides is 1. The summed E-state index contributed by atoms with van der Waals surface area (Å²) in [6.07, 6.45) is 6.20. The van der Waals surface area contributed by atoms with E-state index in [0.717, 1.165) is 39.9 Å². The second kappa shape index (κ2) is 9.53. The summed E-state index contributed by atoms with van der Waals surface area (Å²) in [4.78, 5) is 0.208. The number of benzene rings is 3. The highest BCUT2D eigenvalue weighted by molar-refractivity contribution is 7.89. The number of aryl methyl sites for hydroxylation is 2. The van der Waals surface area contributed by atoms with Crippen LogP contribution in [0.4, 0.5) is 4.39 Å². The van der Waals surface area contributed by atoms with E-state index in [0.29, 0.717) is 19.5 Å². The Bertz CT molecular complexity index is 1850. The Morgan fingerprint density at radius 3 is 2.54 bits per heavy atom. The molecule has 3 atom stereocenters. The first-order valence-electron chi connectivity index (χ1n) is 13.7. The van der Waals surface area contributed by atoms with Gasteiger partial charge in [0.15, 0.2) is 0 Å². The minimum absolute atomic E-state index is 0.0392. The van der Waals surface area contributed by atoms with Gasteiger partial charge in [-0.15, -0.1) is 0 Å². The third-order valence-corrected chi connectivity index (χ3v) is 10.5. The highest BCUT2D eigenvalue weighted by atomic mass is 32.2. The number of rotatable bonds is 6. The van der Waals surface area contributed by atoms with Gasteiger partial charge in [0.05, 0.1) is 29.7 Å². The fraction of sp³-hybridized carbons (Fsp3) is 0.290. The van der Waals surface area contributed by atoms with Crippen molar-refractivity contribution in [1.82, 2.24) is 23.9 Å². The van der Waals surface area contributed by atoms with Crippen LogP contribution in [0.5, 0.6) is 5.75 Å². The van der Waals surface area contributed by atoms with Gasteiger partial charge >= 0.3 is 0 Å². The van der Waals surface area contributed by atoms with Crippen molar-refractivity contribution in [2.24, 2.45) is 13.0 Å². The summed E-state index contributed by atoms with van der Waals surface area (Å²) >= 11 is 0. The molecule has 0 radical (unpaired) electrons. The summed E-state index contributed by atoms with van der Waals surface area (Å²) in [5, 5.41) is 9.66. The first-order chi connectivity index (χ1) is 19.7. The molecule has 0 spiro atoms. The van der Waals surface area contributed by atoms with E-state index >= 15 is 0 Å². The standard InChI is InChI=1S/C31H30FN5O3S/c1-21-12-30-22(16-34-37(30)25-10-8-24(32)9-11-25)13-29(21)31-15-27(40-26-6-4-3-5-7-26)14-23(31)18-36(20-31)41(38,39)28-17-33-35(2)19-28/h3-13,16-17,19,23,27H,14-15,18,20H2,1-2H3. The van der Waals surface area contributed by atoms with Gasteiger partial charge in [-0.2, -0.15) is 14.5 Å². The van der Waals surface area contributed by atoms with Crippen LogP contribution in [0, 0.1) is 18.7 Å². The number of fused-ring (bicyclic) bond motifs is 2. The molecule has 1 saturated carbocycles. The predicted molar refractivity (Wildman–Crippen MR) is 153 cm³/mol. The Morgan fingerprint density at radius 1 is 1.02 bits per heavy atom. The summed E-state index contributed by atoms with van der Waals surface area (Å²) < 4.78 is 52.4. The first-order valence-corrected chi connectivity index (χ1v) is 15.1. The molecule has 2 fully saturated rings. The van der Waals surface area contributed by atoms with Crippen molar-refractivity contribution in [3.63, 3.8) is 0 Å². The monoisotopic (exact) mass is 571 g/mol. The maximum Gasteiger partial charge on any atom is 0.246 e. The summed E-state index contributed by atoms with van der Waals surface area (Å²) in [5.74, 6) is 0.598. The quantitative estimate of drug-likeness (QED) is 0.286. The van der Waals surface area contributed by atoms with E-state index in [4.69, 9.17) is 4.74 Å². The lowest BCUT2D eigenvalue weighted by Crippen LogP contribution is -2.36. The second-order valence-electron chi connectivity index (χ2n) is 11.3. The van der Waals surface area contributed by atoms with Crippen molar-refractivity contribution in [2.45, 2.75) is 36.2 Å². The van der Waals surface area contributed by atoms with E-state index in [1.807, 2.05) is 41.2 Å². The molecule has 0 amide bonds. The van der Waals surface area contributed by atoms with Crippen molar-refractivity contribution < 1.29 is 17.5 Å². The number of halogens is 1. The highest BCUT2D eigenvalue weighted by Crippen LogP contribution is 2.53. The van der Waals surface area contributed by atoms with Crippen LogP contribution in [-0.4, -0.2) is 51.5 Å². The van der Waals surface area contributed by atoms with E-state index in [1.54, 1.807) is 29.7 Å². The predicted octanol–water partition coefficient (Wildman–Crippen LogP) is 5.01. The normalized spacial score (nSPS) is 22.8. The number of hydrogen-bond donors (Lipinski definition) is 0. The molecule has 10 heteroatoms. The van der Waals surface area contributed by atoms with Gasteiger partial charge in [0.25, 0.3) is 0 Å². The Balaban J connectivity index is 1.29. The number of aromatic nitrogens is 4. The zero-order chi connectivity index (χ0) is 28.4. The van der Waals surface area contributed by atoms with E-state index in [1.165, 1.54) is 23.0 Å². The van der Waals surface area contributed by atoms with Crippen molar-refractivity contribution >= 4 is 20.9 Å². The maximum atomic E-state index is 13.7. The molecule has 3 unspecified atom stereocenters. The molecule has 5 aromatic rings. The molecular formula is C31H30FN5O3S. The van der Waals surface area contributed by atoms with Crippen molar-refractivity contribution in [3.8, 4) is 11.4 Å². The average molecular weight is 572 g/mol. The summed E-state index contributed by atoms with van der Waals surface area (Å²) in [7, 11) is -1.99. The number of para-hydroxylation sites is 1. The topological polar surface area (TPSA) is 82.2 Å². The minimum atomic E-state index is -3.71. The molecule has 1 aliphatic carbocycles. The fourth-order valence-corrected chi connectivity index (χ4v) is 8.37. The zero-order valence-electron chi connectivity index (χ0n) is 22.8. The molecule has 3 aromatic carbocycles. The maximum absolute atomic E-state index is 13.7. The van der Waals surface area contributed by atoms with Crippen molar-refractivity contribution in [2.75, 3.05) is 13.1 Å².